The first-order valence-corrected chi connectivity index (χ1v) is 13.6. The molecule has 186 valence electrons. The molecule has 0 saturated carbocycles. The Kier molecular flexibility index (Phi) is 8.44. The van der Waals surface area contributed by atoms with Crippen LogP contribution in [0.5, 0.6) is 5.75 Å². The molecule has 1 atom stereocenters. The summed E-state index contributed by atoms with van der Waals surface area (Å²) >= 11 is 5.73. The smallest absolute Gasteiger partial charge is 0.291 e. The van der Waals surface area contributed by atoms with Gasteiger partial charge in [0, 0.05) is 5.69 Å². The molecule has 0 aliphatic carbocycles. The number of amides is 2. The lowest BCUT2D eigenvalue weighted by Gasteiger charge is -2.18. The third-order valence-corrected chi connectivity index (χ3v) is 7.94. The van der Waals surface area contributed by atoms with Crippen molar-refractivity contribution >= 4 is 66.7 Å². The molecule has 0 radical (unpaired) electrons. The summed E-state index contributed by atoms with van der Waals surface area (Å²) in [7, 11) is 0. The third-order valence-electron chi connectivity index (χ3n) is 5.08. The van der Waals surface area contributed by atoms with Crippen molar-refractivity contribution in [3.05, 3.63) is 80.4 Å². The van der Waals surface area contributed by atoms with E-state index in [0.29, 0.717) is 32.5 Å². The average Bonchev–Trinajstić information content (AvgIpc) is 3.33. The Balaban J connectivity index is 1.56. The van der Waals surface area contributed by atoms with Crippen LogP contribution in [-0.4, -0.2) is 33.3 Å². The van der Waals surface area contributed by atoms with E-state index < -0.39 is 16.7 Å². The molecule has 0 spiro atoms. The predicted molar refractivity (Wildman–Crippen MR) is 148 cm³/mol. The molecule has 11 heteroatoms. The van der Waals surface area contributed by atoms with Gasteiger partial charge in [-0.25, -0.2) is 4.98 Å². The minimum absolute atomic E-state index is 0.214. The van der Waals surface area contributed by atoms with Gasteiger partial charge in [0.05, 0.1) is 15.2 Å². The number of ether oxygens (including phenoxy) is 1. The third kappa shape index (κ3) is 6.15. The number of fused-ring (bicyclic) bond motifs is 1. The maximum Gasteiger partial charge on any atom is 0.291 e. The normalized spacial score (nSPS) is 11.8. The highest BCUT2D eigenvalue weighted by atomic mass is 79.9. The number of halogens is 1. The van der Waals surface area contributed by atoms with Crippen molar-refractivity contribution < 1.29 is 14.3 Å². The summed E-state index contributed by atoms with van der Waals surface area (Å²) in [6.45, 7) is 3.51. The molecular weight excluding hydrogens is 564 g/mol. The Hall–Kier alpha value is -3.15. The van der Waals surface area contributed by atoms with Gasteiger partial charge >= 0.3 is 0 Å². The summed E-state index contributed by atoms with van der Waals surface area (Å²) in [5, 5.41) is 4.35. The van der Waals surface area contributed by atoms with Crippen LogP contribution in [0.2, 0.25) is 0 Å². The average molecular weight is 588 g/mol. The molecule has 4 rings (SSSR count). The highest BCUT2D eigenvalue weighted by Gasteiger charge is 2.23. The van der Waals surface area contributed by atoms with Crippen LogP contribution in [0, 0.1) is 6.92 Å². The van der Waals surface area contributed by atoms with E-state index in [-0.39, 0.29) is 17.7 Å². The van der Waals surface area contributed by atoms with E-state index >= 15 is 0 Å². The standard InChI is InChI=1S/C25H23BrN4O4S2/c1-3-20(23(32)27-16-8-6-7-15(2)13-16)36-25-28-18-11-12-35-22(18)24(33)30(25)29-21(31)14-34-19-10-5-4-9-17(19)26/h4-13,20H,3,14H2,1-2H3,(H,27,32)(H,29,31)/t20-/m1/s1. The van der Waals surface area contributed by atoms with Gasteiger partial charge in [-0.05, 0) is 70.5 Å². The number of para-hydroxylation sites is 1. The van der Waals surface area contributed by atoms with Gasteiger partial charge in [0.2, 0.25) is 5.91 Å². The number of rotatable bonds is 9. The highest BCUT2D eigenvalue weighted by molar-refractivity contribution is 9.10. The zero-order valence-corrected chi connectivity index (χ0v) is 22.7. The molecule has 2 heterocycles. The first-order chi connectivity index (χ1) is 17.4. The fraction of sp³-hybridized carbons (Fsp3) is 0.200. The van der Waals surface area contributed by atoms with Crippen LogP contribution in [0.25, 0.3) is 10.2 Å². The van der Waals surface area contributed by atoms with Gasteiger partial charge in [0.15, 0.2) is 11.8 Å². The molecule has 2 N–H and O–H groups in total. The molecule has 2 amide bonds. The molecule has 4 aromatic rings. The van der Waals surface area contributed by atoms with Crippen molar-refractivity contribution in [3.8, 4) is 5.75 Å². The molecule has 2 aromatic carbocycles. The predicted octanol–water partition coefficient (Wildman–Crippen LogP) is 5.19. The van der Waals surface area contributed by atoms with Crippen molar-refractivity contribution in [2.75, 3.05) is 17.3 Å². The lowest BCUT2D eigenvalue weighted by atomic mass is 10.2. The number of thioether (sulfide) groups is 1. The van der Waals surface area contributed by atoms with Crippen molar-refractivity contribution in [2.45, 2.75) is 30.7 Å². The Morgan fingerprint density at radius 1 is 1.19 bits per heavy atom. The number of carbonyl (C=O) groups excluding carboxylic acids is 2. The van der Waals surface area contributed by atoms with Crippen molar-refractivity contribution in [3.63, 3.8) is 0 Å². The fourth-order valence-electron chi connectivity index (χ4n) is 3.33. The molecule has 0 bridgehead atoms. The first kappa shape index (κ1) is 25.9. The minimum Gasteiger partial charge on any atom is -0.483 e. The van der Waals surface area contributed by atoms with Crippen LogP contribution in [-0.2, 0) is 9.59 Å². The Morgan fingerprint density at radius 2 is 2.00 bits per heavy atom. The van der Waals surface area contributed by atoms with Crippen LogP contribution >= 0.6 is 39.0 Å². The first-order valence-electron chi connectivity index (χ1n) is 11.1. The lowest BCUT2D eigenvalue weighted by Crippen LogP contribution is -2.37. The van der Waals surface area contributed by atoms with Crippen LogP contribution < -0.4 is 21.0 Å². The van der Waals surface area contributed by atoms with Gasteiger partial charge in [-0.2, -0.15) is 4.68 Å². The molecule has 36 heavy (non-hydrogen) atoms. The molecule has 8 nitrogen and oxygen atoms in total. The second-order valence-corrected chi connectivity index (χ2v) is 10.7. The van der Waals surface area contributed by atoms with E-state index in [1.807, 2.05) is 44.2 Å². The van der Waals surface area contributed by atoms with Crippen LogP contribution in [0.15, 0.2) is 74.4 Å². The SMILES string of the molecule is CC[C@@H](Sc1nc2ccsc2c(=O)n1NC(=O)COc1ccccc1Br)C(=O)Nc1cccc(C)c1. The summed E-state index contributed by atoms with van der Waals surface area (Å²) in [5.41, 5.74) is 4.40. The number of carbonyl (C=O) groups is 2. The van der Waals surface area contributed by atoms with E-state index in [2.05, 4.69) is 31.7 Å². The second-order valence-electron chi connectivity index (χ2n) is 7.80. The highest BCUT2D eigenvalue weighted by Crippen LogP contribution is 2.27. The van der Waals surface area contributed by atoms with Crippen molar-refractivity contribution in [1.29, 1.82) is 0 Å². The number of nitrogens with zero attached hydrogens (tertiary/aromatic N) is 2. The monoisotopic (exact) mass is 586 g/mol. The van der Waals surface area contributed by atoms with E-state index in [1.165, 1.54) is 11.3 Å². The molecular formula is C25H23BrN4O4S2. The van der Waals surface area contributed by atoms with Crippen LogP contribution in [0.1, 0.15) is 18.9 Å². The number of aryl methyl sites for hydroxylation is 1. The van der Waals surface area contributed by atoms with Gasteiger partial charge in [0.1, 0.15) is 10.4 Å². The number of nitrogens with one attached hydrogen (secondary N) is 2. The van der Waals surface area contributed by atoms with E-state index in [9.17, 15) is 14.4 Å². The number of hydrogen-bond acceptors (Lipinski definition) is 7. The molecule has 0 aliphatic heterocycles. The minimum atomic E-state index is -0.548. The van der Waals surface area contributed by atoms with E-state index in [0.717, 1.165) is 22.0 Å². The topological polar surface area (TPSA) is 102 Å². The van der Waals surface area contributed by atoms with Gasteiger partial charge in [-0.3, -0.25) is 19.8 Å². The Bertz CT molecular complexity index is 1470. The maximum atomic E-state index is 13.2. The Labute approximate surface area is 224 Å². The zero-order chi connectivity index (χ0) is 25.7. The van der Waals surface area contributed by atoms with Gasteiger partial charge in [0.25, 0.3) is 11.5 Å². The van der Waals surface area contributed by atoms with Crippen LogP contribution in [0.3, 0.4) is 0 Å². The van der Waals surface area contributed by atoms with Gasteiger partial charge < -0.3 is 10.1 Å². The number of thiophene rings is 1. The molecule has 0 unspecified atom stereocenters. The van der Waals surface area contributed by atoms with Gasteiger partial charge in [-0.15, -0.1) is 11.3 Å². The quantitative estimate of drug-likeness (QED) is 0.207. The maximum absolute atomic E-state index is 13.2. The summed E-state index contributed by atoms with van der Waals surface area (Å²) < 4.78 is 7.78. The van der Waals surface area contributed by atoms with Crippen molar-refractivity contribution in [1.82, 2.24) is 9.66 Å². The Morgan fingerprint density at radius 3 is 2.75 bits per heavy atom. The summed E-state index contributed by atoms with van der Waals surface area (Å²) in [4.78, 5) is 43.5. The van der Waals surface area contributed by atoms with Crippen molar-refractivity contribution in [2.24, 2.45) is 0 Å². The molecule has 0 saturated heterocycles. The second kappa shape index (κ2) is 11.7. The summed E-state index contributed by atoms with van der Waals surface area (Å²) in [5.74, 6) is -0.257. The lowest BCUT2D eigenvalue weighted by molar-refractivity contribution is -0.119. The van der Waals surface area contributed by atoms with Gasteiger partial charge in [-0.1, -0.05) is 43.0 Å². The van der Waals surface area contributed by atoms with E-state index in [1.54, 1.807) is 29.6 Å². The molecule has 0 fully saturated rings. The number of benzene rings is 2. The summed E-state index contributed by atoms with van der Waals surface area (Å²) in [6, 6.07) is 16.4. The molecule has 2 aromatic heterocycles. The largest absolute Gasteiger partial charge is 0.483 e. The number of aromatic nitrogens is 2. The number of hydrogen-bond donors (Lipinski definition) is 2. The van der Waals surface area contributed by atoms with Crippen LogP contribution in [0.4, 0.5) is 5.69 Å². The van der Waals surface area contributed by atoms with E-state index in [4.69, 9.17) is 4.74 Å². The summed E-state index contributed by atoms with van der Waals surface area (Å²) in [6.07, 6.45) is 0.485. The fourth-order valence-corrected chi connectivity index (χ4v) is 5.46. The number of anilines is 1. The molecule has 0 aliphatic rings. The zero-order valence-electron chi connectivity index (χ0n) is 19.5.